The van der Waals surface area contributed by atoms with Crippen LogP contribution >= 0.6 is 0 Å². The molecule has 0 aliphatic heterocycles. The van der Waals surface area contributed by atoms with Crippen molar-refractivity contribution < 1.29 is 9.90 Å². The molecule has 18 heavy (non-hydrogen) atoms. The summed E-state index contributed by atoms with van der Waals surface area (Å²) in [6, 6.07) is -0.0969. The maximum Gasteiger partial charge on any atom is 0.223 e. The van der Waals surface area contributed by atoms with Gasteiger partial charge in [0.2, 0.25) is 5.91 Å². The summed E-state index contributed by atoms with van der Waals surface area (Å²) in [6.07, 6.45) is 4.35. The van der Waals surface area contributed by atoms with Crippen LogP contribution in [-0.2, 0) is 4.79 Å². The number of aliphatic hydroxyl groups excluding tert-OH is 1. The Morgan fingerprint density at radius 2 is 1.72 bits per heavy atom. The van der Waals surface area contributed by atoms with E-state index in [-0.39, 0.29) is 30.4 Å². The number of rotatable bonds is 5. The topological polar surface area (TPSA) is 49.3 Å². The van der Waals surface area contributed by atoms with Crippen LogP contribution in [0.3, 0.4) is 0 Å². The lowest BCUT2D eigenvalue weighted by Gasteiger charge is -2.31. The lowest BCUT2D eigenvalue weighted by molar-refractivity contribution is -0.127. The van der Waals surface area contributed by atoms with Gasteiger partial charge in [-0.05, 0) is 43.4 Å². The summed E-state index contributed by atoms with van der Waals surface area (Å²) in [6.45, 7) is 8.62. The van der Waals surface area contributed by atoms with Crippen LogP contribution in [0.1, 0.15) is 53.4 Å². The normalized spacial score (nSPS) is 26.4. The van der Waals surface area contributed by atoms with Gasteiger partial charge in [0.05, 0.1) is 12.6 Å². The Morgan fingerprint density at radius 3 is 2.11 bits per heavy atom. The highest BCUT2D eigenvalue weighted by molar-refractivity contribution is 5.79. The molecule has 0 spiro atoms. The summed E-state index contributed by atoms with van der Waals surface area (Å²) in [5.41, 5.74) is 0. The number of hydrogen-bond acceptors (Lipinski definition) is 2. The predicted molar refractivity (Wildman–Crippen MR) is 74.1 cm³/mol. The smallest absolute Gasteiger partial charge is 0.223 e. The van der Waals surface area contributed by atoms with Crippen molar-refractivity contribution in [3.8, 4) is 0 Å². The zero-order valence-electron chi connectivity index (χ0n) is 12.3. The fourth-order valence-electron chi connectivity index (χ4n) is 2.77. The van der Waals surface area contributed by atoms with Crippen LogP contribution in [0.25, 0.3) is 0 Å². The van der Waals surface area contributed by atoms with Gasteiger partial charge >= 0.3 is 0 Å². The molecule has 1 saturated carbocycles. The summed E-state index contributed by atoms with van der Waals surface area (Å²) in [5, 5.41) is 12.2. The average molecular weight is 255 g/mol. The number of amides is 1. The number of hydrogen-bond donors (Lipinski definition) is 2. The summed E-state index contributed by atoms with van der Waals surface area (Å²) in [7, 11) is 0. The Hall–Kier alpha value is -0.570. The monoisotopic (exact) mass is 255 g/mol. The molecule has 3 heteroatoms. The molecule has 1 rings (SSSR count). The van der Waals surface area contributed by atoms with E-state index in [4.69, 9.17) is 0 Å². The van der Waals surface area contributed by atoms with E-state index in [9.17, 15) is 9.90 Å². The number of aliphatic hydroxyl groups is 1. The van der Waals surface area contributed by atoms with Gasteiger partial charge in [0, 0.05) is 5.92 Å². The third-order valence-corrected chi connectivity index (χ3v) is 4.41. The molecule has 1 aliphatic carbocycles. The third-order valence-electron chi connectivity index (χ3n) is 4.41. The largest absolute Gasteiger partial charge is 0.394 e. The quantitative estimate of drug-likeness (QED) is 0.793. The number of carbonyl (C=O) groups is 1. The minimum absolute atomic E-state index is 0.0325. The average Bonchev–Trinajstić information content (AvgIpc) is 2.35. The van der Waals surface area contributed by atoms with Crippen molar-refractivity contribution in [1.82, 2.24) is 5.32 Å². The minimum atomic E-state index is -0.0969. The molecule has 1 unspecified atom stereocenters. The van der Waals surface area contributed by atoms with Crippen molar-refractivity contribution in [2.24, 2.45) is 23.7 Å². The minimum Gasteiger partial charge on any atom is -0.394 e. The highest BCUT2D eigenvalue weighted by Crippen LogP contribution is 2.33. The summed E-state index contributed by atoms with van der Waals surface area (Å²) in [5.74, 6) is 2.10. The Morgan fingerprint density at radius 1 is 1.17 bits per heavy atom. The molecule has 0 saturated heterocycles. The van der Waals surface area contributed by atoms with Gasteiger partial charge in [0.25, 0.3) is 0 Å². The molecule has 3 nitrogen and oxygen atoms in total. The van der Waals surface area contributed by atoms with E-state index in [2.05, 4.69) is 19.2 Å². The highest BCUT2D eigenvalue weighted by atomic mass is 16.3. The van der Waals surface area contributed by atoms with Crippen molar-refractivity contribution in [2.45, 2.75) is 59.4 Å². The first-order chi connectivity index (χ1) is 8.45. The molecule has 0 bridgehead atoms. The van der Waals surface area contributed by atoms with Crippen LogP contribution in [0.4, 0.5) is 0 Å². The Bertz CT molecular complexity index is 255. The number of carbonyl (C=O) groups excluding carboxylic acids is 1. The van der Waals surface area contributed by atoms with Crippen LogP contribution in [0.15, 0.2) is 0 Å². The van der Waals surface area contributed by atoms with Gasteiger partial charge in [0.15, 0.2) is 0 Å². The van der Waals surface area contributed by atoms with Gasteiger partial charge in [-0.2, -0.15) is 0 Å². The van der Waals surface area contributed by atoms with E-state index in [0.717, 1.165) is 24.7 Å². The lowest BCUT2D eigenvalue weighted by Crippen LogP contribution is -2.44. The number of nitrogens with one attached hydrogen (secondary N) is 1. The molecule has 0 heterocycles. The second kappa shape index (κ2) is 7.13. The maximum atomic E-state index is 12.1. The SMILES string of the molecule is CC(C)C1CCC(C(=O)NC(CO)C(C)C)CC1. The van der Waals surface area contributed by atoms with Crippen molar-refractivity contribution >= 4 is 5.91 Å². The van der Waals surface area contributed by atoms with Crippen molar-refractivity contribution in [3.63, 3.8) is 0 Å². The van der Waals surface area contributed by atoms with Crippen LogP contribution in [0, 0.1) is 23.7 Å². The summed E-state index contributed by atoms with van der Waals surface area (Å²) < 4.78 is 0. The molecular formula is C15H29NO2. The molecule has 0 aromatic carbocycles. The van der Waals surface area contributed by atoms with Gasteiger partial charge in [-0.1, -0.05) is 27.7 Å². The second-order valence-electron chi connectivity index (χ2n) is 6.40. The van der Waals surface area contributed by atoms with Crippen LogP contribution < -0.4 is 5.32 Å². The first kappa shape index (κ1) is 15.5. The van der Waals surface area contributed by atoms with E-state index in [1.165, 1.54) is 12.8 Å². The molecule has 1 fully saturated rings. The van der Waals surface area contributed by atoms with Gasteiger partial charge in [-0.3, -0.25) is 4.79 Å². The van der Waals surface area contributed by atoms with Crippen molar-refractivity contribution in [2.75, 3.05) is 6.61 Å². The molecular weight excluding hydrogens is 226 g/mol. The van der Waals surface area contributed by atoms with Crippen LogP contribution in [0.5, 0.6) is 0 Å². The predicted octanol–water partition coefficient (Wildman–Crippen LogP) is 2.58. The third kappa shape index (κ3) is 4.27. The van der Waals surface area contributed by atoms with E-state index in [1.54, 1.807) is 0 Å². The fourth-order valence-corrected chi connectivity index (χ4v) is 2.77. The Balaban J connectivity index is 2.40. The Labute approximate surface area is 111 Å². The molecule has 106 valence electrons. The summed E-state index contributed by atoms with van der Waals surface area (Å²) >= 11 is 0. The van der Waals surface area contributed by atoms with Gasteiger partial charge in [0.1, 0.15) is 0 Å². The molecule has 1 aliphatic rings. The van der Waals surface area contributed by atoms with Crippen LogP contribution in [-0.4, -0.2) is 23.7 Å². The zero-order chi connectivity index (χ0) is 13.7. The molecule has 0 aromatic heterocycles. The van der Waals surface area contributed by atoms with Gasteiger partial charge in [-0.25, -0.2) is 0 Å². The highest BCUT2D eigenvalue weighted by Gasteiger charge is 2.28. The zero-order valence-corrected chi connectivity index (χ0v) is 12.3. The van der Waals surface area contributed by atoms with E-state index in [1.807, 2.05) is 13.8 Å². The van der Waals surface area contributed by atoms with Gasteiger partial charge < -0.3 is 10.4 Å². The van der Waals surface area contributed by atoms with E-state index >= 15 is 0 Å². The van der Waals surface area contributed by atoms with Crippen LogP contribution in [0.2, 0.25) is 0 Å². The van der Waals surface area contributed by atoms with E-state index in [0.29, 0.717) is 0 Å². The molecule has 0 aromatic rings. The Kier molecular flexibility index (Phi) is 6.13. The van der Waals surface area contributed by atoms with E-state index < -0.39 is 0 Å². The lowest BCUT2D eigenvalue weighted by atomic mass is 9.76. The van der Waals surface area contributed by atoms with Crippen molar-refractivity contribution in [1.29, 1.82) is 0 Å². The molecule has 1 amide bonds. The molecule has 0 radical (unpaired) electrons. The molecule has 2 N–H and O–H groups in total. The maximum absolute atomic E-state index is 12.1. The standard InChI is InChI=1S/C15H29NO2/c1-10(2)12-5-7-13(8-6-12)15(18)16-14(9-17)11(3)4/h10-14,17H,5-9H2,1-4H3,(H,16,18). The molecule has 1 atom stereocenters. The van der Waals surface area contributed by atoms with Crippen molar-refractivity contribution in [3.05, 3.63) is 0 Å². The van der Waals surface area contributed by atoms with Gasteiger partial charge in [-0.15, -0.1) is 0 Å². The second-order valence-corrected chi connectivity index (χ2v) is 6.40. The fraction of sp³-hybridized carbons (Fsp3) is 0.933. The first-order valence-corrected chi connectivity index (χ1v) is 7.37. The summed E-state index contributed by atoms with van der Waals surface area (Å²) in [4.78, 5) is 12.1. The first-order valence-electron chi connectivity index (χ1n) is 7.37.